The second-order valence-electron chi connectivity index (χ2n) is 4.70. The van der Waals surface area contributed by atoms with Crippen LogP contribution >= 0.6 is 11.6 Å². The van der Waals surface area contributed by atoms with Gasteiger partial charge < -0.3 is 0 Å². The number of H-pyrrole nitrogens is 1. The predicted octanol–water partition coefficient (Wildman–Crippen LogP) is 3.56. The number of benzene rings is 1. The minimum absolute atomic E-state index is 0.286. The Morgan fingerprint density at radius 3 is 2.81 bits per heavy atom. The first-order valence-electron chi connectivity index (χ1n) is 6.39. The number of pyridine rings is 1. The summed E-state index contributed by atoms with van der Waals surface area (Å²) in [4.78, 5) is 4.12. The highest BCUT2D eigenvalue weighted by atomic mass is 35.5. The van der Waals surface area contributed by atoms with E-state index in [1.54, 1.807) is 18.5 Å². The molecule has 0 aliphatic carbocycles. The van der Waals surface area contributed by atoms with E-state index in [1.807, 2.05) is 13.0 Å². The van der Waals surface area contributed by atoms with Gasteiger partial charge in [0.1, 0.15) is 11.5 Å². The summed E-state index contributed by atoms with van der Waals surface area (Å²) < 4.78 is 13.9. The molecule has 0 unspecified atom stereocenters. The molecule has 0 aliphatic heterocycles. The third-order valence-electron chi connectivity index (χ3n) is 3.27. The lowest BCUT2D eigenvalue weighted by Crippen LogP contribution is -1.97. The summed E-state index contributed by atoms with van der Waals surface area (Å²) in [5.74, 6) is -0.286. The van der Waals surface area contributed by atoms with Gasteiger partial charge in [0.2, 0.25) is 0 Å². The van der Waals surface area contributed by atoms with E-state index in [0.29, 0.717) is 17.0 Å². The minimum Gasteiger partial charge on any atom is -0.264 e. The van der Waals surface area contributed by atoms with Gasteiger partial charge in [-0.1, -0.05) is 11.6 Å². The number of halogens is 2. The molecule has 3 aromatic rings. The highest BCUT2D eigenvalue weighted by Crippen LogP contribution is 2.26. The van der Waals surface area contributed by atoms with Crippen LogP contribution in [0.15, 0.2) is 36.7 Å². The van der Waals surface area contributed by atoms with Crippen molar-refractivity contribution in [3.63, 3.8) is 0 Å². The molecule has 2 heterocycles. The Morgan fingerprint density at radius 1 is 1.19 bits per heavy atom. The molecule has 1 N–H and O–H groups in total. The maximum Gasteiger partial charge on any atom is 0.126 e. The molecule has 0 saturated carbocycles. The number of aryl methyl sites for hydroxylation is 1. The van der Waals surface area contributed by atoms with Crippen LogP contribution in [0.3, 0.4) is 0 Å². The molecule has 0 bridgehead atoms. The molecular formula is C15H12ClFN4. The molecule has 21 heavy (non-hydrogen) atoms. The van der Waals surface area contributed by atoms with Crippen LogP contribution in [0.2, 0.25) is 5.02 Å². The molecule has 0 spiro atoms. The second kappa shape index (κ2) is 5.61. The molecule has 0 saturated heterocycles. The lowest BCUT2D eigenvalue weighted by Gasteiger charge is -2.08. The summed E-state index contributed by atoms with van der Waals surface area (Å²) in [5.41, 5.74) is 3.81. The molecule has 3 rings (SSSR count). The first-order chi connectivity index (χ1) is 10.1. The molecule has 0 fully saturated rings. The van der Waals surface area contributed by atoms with Gasteiger partial charge in [-0.25, -0.2) is 4.39 Å². The third kappa shape index (κ3) is 2.78. The van der Waals surface area contributed by atoms with Gasteiger partial charge in [0.15, 0.2) is 0 Å². The molecule has 106 valence electrons. The number of rotatable bonds is 3. The molecule has 4 nitrogen and oxygen atoms in total. The van der Waals surface area contributed by atoms with E-state index < -0.39 is 0 Å². The zero-order valence-electron chi connectivity index (χ0n) is 11.3. The highest BCUT2D eigenvalue weighted by Gasteiger charge is 2.13. The Morgan fingerprint density at radius 2 is 2.05 bits per heavy atom. The van der Waals surface area contributed by atoms with Crippen molar-refractivity contribution < 1.29 is 4.39 Å². The van der Waals surface area contributed by atoms with Gasteiger partial charge in [-0.2, -0.15) is 15.4 Å². The van der Waals surface area contributed by atoms with Crippen molar-refractivity contribution in [3.8, 4) is 11.3 Å². The summed E-state index contributed by atoms with van der Waals surface area (Å²) in [6, 6.07) is 6.38. The fourth-order valence-corrected chi connectivity index (χ4v) is 2.42. The largest absolute Gasteiger partial charge is 0.264 e. The fraction of sp³-hybridized carbons (Fsp3) is 0.133. The maximum absolute atomic E-state index is 13.9. The van der Waals surface area contributed by atoms with Gasteiger partial charge in [-0.15, -0.1) is 0 Å². The molecule has 0 amide bonds. The number of aromatic nitrogens is 4. The Kier molecular flexibility index (Phi) is 3.66. The summed E-state index contributed by atoms with van der Waals surface area (Å²) in [5, 5.41) is 11.3. The molecule has 2 aromatic heterocycles. The van der Waals surface area contributed by atoms with Gasteiger partial charge in [0, 0.05) is 29.4 Å². The Bertz CT molecular complexity index is 785. The first-order valence-corrected chi connectivity index (χ1v) is 6.77. The van der Waals surface area contributed by atoms with Crippen molar-refractivity contribution in [3.05, 3.63) is 64.3 Å². The van der Waals surface area contributed by atoms with E-state index in [2.05, 4.69) is 20.4 Å². The fourth-order valence-electron chi connectivity index (χ4n) is 2.22. The van der Waals surface area contributed by atoms with Gasteiger partial charge in [-0.3, -0.25) is 4.98 Å². The van der Waals surface area contributed by atoms with Crippen LogP contribution < -0.4 is 0 Å². The molecule has 6 heteroatoms. The summed E-state index contributed by atoms with van der Waals surface area (Å²) in [6.45, 7) is 1.86. The standard InChI is InChI=1S/C15H12ClFN4/c1-9-15(20-21-19-9)13-4-5-18-8-11(13)6-10-7-12(16)2-3-14(10)17/h2-5,7-8H,6H2,1H3,(H,19,20,21). The molecule has 1 aromatic carbocycles. The summed E-state index contributed by atoms with van der Waals surface area (Å²) in [7, 11) is 0. The highest BCUT2D eigenvalue weighted by molar-refractivity contribution is 6.30. The lowest BCUT2D eigenvalue weighted by molar-refractivity contribution is 0.614. The number of nitrogens with one attached hydrogen (secondary N) is 1. The van der Waals surface area contributed by atoms with E-state index in [1.165, 1.54) is 12.1 Å². The molecular weight excluding hydrogens is 291 g/mol. The zero-order valence-corrected chi connectivity index (χ0v) is 12.0. The van der Waals surface area contributed by atoms with Gasteiger partial charge in [0.25, 0.3) is 0 Å². The summed E-state index contributed by atoms with van der Waals surface area (Å²) >= 11 is 5.94. The van der Waals surface area contributed by atoms with Crippen LogP contribution in [0.4, 0.5) is 4.39 Å². The van der Waals surface area contributed by atoms with Crippen molar-refractivity contribution in [2.24, 2.45) is 0 Å². The number of hydrogen-bond acceptors (Lipinski definition) is 3. The predicted molar refractivity (Wildman–Crippen MR) is 78.6 cm³/mol. The monoisotopic (exact) mass is 302 g/mol. The minimum atomic E-state index is -0.286. The number of hydrogen-bond donors (Lipinski definition) is 1. The maximum atomic E-state index is 13.9. The Labute approximate surface area is 126 Å². The van der Waals surface area contributed by atoms with Crippen LogP contribution in [0.25, 0.3) is 11.3 Å². The van der Waals surface area contributed by atoms with Crippen molar-refractivity contribution in [1.82, 2.24) is 20.4 Å². The molecule has 0 radical (unpaired) electrons. The summed E-state index contributed by atoms with van der Waals surface area (Å²) in [6.07, 6.45) is 3.78. The van der Waals surface area contributed by atoms with Crippen LogP contribution in [0.1, 0.15) is 16.8 Å². The quantitative estimate of drug-likeness (QED) is 0.805. The van der Waals surface area contributed by atoms with Crippen molar-refractivity contribution in [2.75, 3.05) is 0 Å². The average Bonchev–Trinajstić information content (AvgIpc) is 2.90. The number of nitrogens with zero attached hydrogens (tertiary/aromatic N) is 3. The average molecular weight is 303 g/mol. The van der Waals surface area contributed by atoms with Gasteiger partial charge >= 0.3 is 0 Å². The SMILES string of the molecule is Cc1n[nH]nc1-c1ccncc1Cc1cc(Cl)ccc1F. The van der Waals surface area contributed by atoms with Crippen LogP contribution in [0.5, 0.6) is 0 Å². The van der Waals surface area contributed by atoms with E-state index in [4.69, 9.17) is 11.6 Å². The van der Waals surface area contributed by atoms with E-state index in [-0.39, 0.29) is 5.82 Å². The lowest BCUT2D eigenvalue weighted by atomic mass is 9.99. The van der Waals surface area contributed by atoms with E-state index >= 15 is 0 Å². The zero-order chi connectivity index (χ0) is 14.8. The van der Waals surface area contributed by atoms with Crippen LogP contribution in [-0.2, 0) is 6.42 Å². The molecule has 0 atom stereocenters. The van der Waals surface area contributed by atoms with Crippen LogP contribution in [0, 0.1) is 12.7 Å². The third-order valence-corrected chi connectivity index (χ3v) is 3.50. The van der Waals surface area contributed by atoms with Gasteiger partial charge in [-0.05, 0) is 42.3 Å². The second-order valence-corrected chi connectivity index (χ2v) is 5.14. The molecule has 0 aliphatic rings. The van der Waals surface area contributed by atoms with Crippen molar-refractivity contribution in [1.29, 1.82) is 0 Å². The smallest absolute Gasteiger partial charge is 0.126 e. The van der Waals surface area contributed by atoms with Crippen LogP contribution in [-0.4, -0.2) is 20.4 Å². The normalized spacial score (nSPS) is 10.8. The topological polar surface area (TPSA) is 54.5 Å². The first kappa shape index (κ1) is 13.7. The van der Waals surface area contributed by atoms with Gasteiger partial charge in [0.05, 0.1) is 5.69 Å². The van der Waals surface area contributed by atoms with E-state index in [9.17, 15) is 4.39 Å². The Hall–Kier alpha value is -2.27. The van der Waals surface area contributed by atoms with E-state index in [0.717, 1.165) is 22.5 Å². The van der Waals surface area contributed by atoms with Crippen molar-refractivity contribution in [2.45, 2.75) is 13.3 Å². The number of aromatic amines is 1. The Balaban J connectivity index is 2.04. The van der Waals surface area contributed by atoms with Crippen molar-refractivity contribution >= 4 is 11.6 Å².